The van der Waals surface area contributed by atoms with Crippen molar-refractivity contribution in [3.05, 3.63) is 45.5 Å². The number of nitrogens with one attached hydrogen (secondary N) is 5. The van der Waals surface area contributed by atoms with Gasteiger partial charge in [-0.05, 0) is 19.2 Å². The number of hydrogen-bond donors (Lipinski definition) is 35. The van der Waals surface area contributed by atoms with Crippen LogP contribution >= 0.6 is 15.6 Å². The Morgan fingerprint density at radius 3 is 1.17 bits per heavy atom. The van der Waals surface area contributed by atoms with Crippen molar-refractivity contribution in [3.63, 3.8) is 0 Å². The predicted octanol–water partition coefficient (Wildman–Crippen LogP) is -32.0. The fourth-order valence-corrected chi connectivity index (χ4v) is 14.1. The van der Waals surface area contributed by atoms with E-state index < -0.39 is 323 Å². The first-order chi connectivity index (χ1) is 59.3. The first-order valence-electron chi connectivity index (χ1n) is 36.9. The van der Waals surface area contributed by atoms with Crippen LogP contribution in [0.5, 0.6) is 0 Å². The molecule has 33 atom stereocenters. The van der Waals surface area contributed by atoms with E-state index in [9.17, 15) is 164 Å². The topological polar surface area (TPSA) is 1040 Å². The summed E-state index contributed by atoms with van der Waals surface area (Å²) in [5.41, 5.74) is 19.4. The Hall–Kier alpha value is -2.99. The molecule has 2 aromatic heterocycles. The maximum absolute atomic E-state index is 12.9. The number of aromatic nitrogens is 4. The number of carboxylic acid groups (broad SMARTS) is 3. The molecule has 2 aromatic rings. The molecule has 62 nitrogen and oxygen atoms in total. The van der Waals surface area contributed by atoms with E-state index in [0.29, 0.717) is 0 Å². The van der Waals surface area contributed by atoms with E-state index >= 15 is 0 Å². The van der Waals surface area contributed by atoms with Gasteiger partial charge in [-0.1, -0.05) is 43.6 Å². The van der Waals surface area contributed by atoms with Gasteiger partial charge >= 0.3 is 193 Å². The fraction of sp³-hybridized carbons (Fsp3) is 0.746. The summed E-state index contributed by atoms with van der Waals surface area (Å²) in [6.07, 6.45) is -42.4. The minimum atomic E-state index is -5.58. The normalized spacial score (nSPS) is 31.5. The third kappa shape index (κ3) is 41.1. The molecule has 39 N–H and O–H groups in total. The molecule has 27 unspecified atom stereocenters. The number of carbonyl (C=O) groups is 9. The zero-order valence-electron chi connectivity index (χ0n) is 77.0. The van der Waals surface area contributed by atoms with E-state index in [2.05, 4.69) is 31.2 Å². The van der Waals surface area contributed by atoms with Crippen molar-refractivity contribution in [2.75, 3.05) is 77.8 Å². The number of nitrogens with two attached hydrogens (primary N) is 4. The molecule has 0 spiro atoms. The van der Waals surface area contributed by atoms with Crippen LogP contribution in [0, 0.1) is 0 Å². The van der Waals surface area contributed by atoms with Crippen molar-refractivity contribution in [1.29, 1.82) is 0 Å². The van der Waals surface area contributed by atoms with Crippen LogP contribution in [0.1, 0.15) is 82.4 Å². The number of rotatable bonds is 34. The number of phosphoric ester groups is 2. The van der Waals surface area contributed by atoms with Crippen LogP contribution in [-0.2, 0) is 98.8 Å². The molecule has 0 radical (unpaired) electrons. The van der Waals surface area contributed by atoms with Gasteiger partial charge in [-0.15, -0.1) is 0 Å². The number of nitrogens with zero attached hydrogens (tertiary/aromatic N) is 4. The van der Waals surface area contributed by atoms with E-state index in [1.165, 1.54) is 19.2 Å². The van der Waals surface area contributed by atoms with Crippen LogP contribution in [-0.4, -0.2) is 449 Å². The summed E-state index contributed by atoms with van der Waals surface area (Å²) in [7, 11) is -9.62. The molecular formula is C67H130N13Na5O49P2. The number of carbonyl (C=O) groups excluding carboxylic acids is 6. The first kappa shape index (κ1) is 148. The summed E-state index contributed by atoms with van der Waals surface area (Å²) in [6, 6.07) is -3.30. The van der Waals surface area contributed by atoms with Crippen LogP contribution < -0.4 is 209 Å². The Morgan fingerprint density at radius 2 is 0.868 bits per heavy atom. The third-order valence-corrected chi connectivity index (χ3v) is 20.5. The summed E-state index contributed by atoms with van der Waals surface area (Å²) in [6.45, 7) is 1.03. The summed E-state index contributed by atoms with van der Waals surface area (Å²) < 4.78 is 77.2. The van der Waals surface area contributed by atoms with Crippen molar-refractivity contribution in [3.8, 4) is 0 Å². The van der Waals surface area contributed by atoms with Crippen LogP contribution in [0.2, 0.25) is 0 Å². The smallest absolute Gasteiger partial charge is 1.00 e. The zero-order valence-corrected chi connectivity index (χ0v) is 83.8. The number of aliphatic hydroxyl groups excluding tert-OH is 20. The summed E-state index contributed by atoms with van der Waals surface area (Å²) in [5, 5.41) is 246. The molecule has 0 bridgehead atoms. The molecule has 0 aliphatic carbocycles. The molecule has 6 aliphatic heterocycles. The van der Waals surface area contributed by atoms with Gasteiger partial charge < -0.3 is 227 Å². The quantitative estimate of drug-likeness (QED) is 0.0176. The van der Waals surface area contributed by atoms with Crippen LogP contribution in [0.3, 0.4) is 0 Å². The second kappa shape index (κ2) is 69.2. The summed E-state index contributed by atoms with van der Waals surface area (Å²) in [5.74, 6) is -18.1. The molecule has 772 valence electrons. The molecule has 8 heterocycles. The van der Waals surface area contributed by atoms with Crippen LogP contribution in [0.25, 0.3) is 0 Å². The first-order valence-corrected chi connectivity index (χ1v) is 39.9. The van der Waals surface area contributed by atoms with Crippen molar-refractivity contribution in [2.24, 2.45) is 11.5 Å². The largest absolute Gasteiger partial charge is 1.00 e. The third-order valence-electron chi connectivity index (χ3n) is 18.5. The fourth-order valence-electron chi connectivity index (χ4n) is 12.2. The van der Waals surface area contributed by atoms with Gasteiger partial charge in [0.1, 0.15) is 135 Å². The number of carboxylic acids is 3. The van der Waals surface area contributed by atoms with Gasteiger partial charge in [-0.3, -0.25) is 37.4 Å². The molecule has 69 heteroatoms. The Labute approximate surface area is 893 Å². The number of anilines is 2. The number of nitrogen functional groups attached to an aromatic ring is 2. The molecule has 8 rings (SSSR count). The standard InChI is InChI=1S/C21H32N5O17P.C20H32N5O16P.C12H22N2O9.C6H13NO5.C2H6.2CH2O.4CH4.5Na.5H/c22-11-1-2-26(20(37)24-11)18-16(34)15(33)10(41-18)6-40-44(38,39)43-21(19(35)36)3-8(29)13(25-12(31)4-23-7-28)17(42-21)14(32)9(30)5-27;21-4-11(29)24-12-7(27)3-20(18(33)34,40-16(12)13(30)8(28)5-26)41-42(36,37)38-6-9-14(31)15(32)17(39-9)25-2-1-10(22)23-19(25)35;1-13-3-7(18)14-8-5(16)2-12(22,11(20)21)23-10(8)9(19)6(17)4-15;7-3-5(10)4(9)2(1-8)12-6(3)11;3*1-2;;;;;;;;;;;;;;/h1-2,7-10,13-18,27,29-30,32-34H,3-6H2,(H,23,28)(H,25,31)(H,35,36)(H,38,39)(H2,22,24,37);1-2,7-9,12-17,26-28,30-32H,3-6,21H2,(H,24,29)(H,33,34)(H,36,37)(H2,22,23,35);5-6,8-10,13,15-17,19,22H,2-4H2,1H3,(H,14,18)(H,20,21);2-6,8-11H,1,7H2;1-2H3;2*1H2;4*1H4;;;;;;;;;;/q;;;;;;;;;;;5*+1;5*-1/t8?,9-,10?,13?,14-,15?,16?,17?,18?,21?;7?,8-,9?,12?,13-,14?,15?,16?,17?,20?;5?,6-,8?,9-,10?,12?;;;;;;;;;;;;;;;;;;/m111................../s1. The molecule has 0 aromatic carbocycles. The van der Waals surface area contributed by atoms with E-state index in [0.717, 1.165) is 21.5 Å². The van der Waals surface area contributed by atoms with Gasteiger partial charge in [0.05, 0.1) is 102 Å². The van der Waals surface area contributed by atoms with Crippen molar-refractivity contribution < 1.29 is 386 Å². The monoisotopic (exact) mass is 2080 g/mol. The number of likely N-dealkylation sites (N-methyl/N-ethyl adjacent to an activating group) is 1. The van der Waals surface area contributed by atoms with E-state index in [4.69, 9.17) is 99.5 Å². The van der Waals surface area contributed by atoms with E-state index in [1.54, 1.807) is 0 Å². The summed E-state index contributed by atoms with van der Waals surface area (Å²) in [4.78, 5) is 149. The Kier molecular flexibility index (Phi) is 75.4. The number of phosphoric acid groups is 2. The summed E-state index contributed by atoms with van der Waals surface area (Å²) >= 11 is 0. The van der Waals surface area contributed by atoms with Crippen molar-refractivity contribution in [1.82, 2.24) is 45.7 Å². The van der Waals surface area contributed by atoms with Crippen LogP contribution in [0.4, 0.5) is 11.6 Å². The molecule has 6 aliphatic rings. The van der Waals surface area contributed by atoms with Crippen molar-refractivity contribution >= 4 is 82.9 Å². The molecule has 136 heavy (non-hydrogen) atoms. The second-order valence-corrected chi connectivity index (χ2v) is 30.0. The number of aliphatic carboxylic acids is 3. The molecule has 6 saturated heterocycles. The average molecular weight is 2080 g/mol. The average Bonchev–Trinajstić information content (AvgIpc) is 1.26. The minimum absolute atomic E-state index is 0. The second-order valence-electron chi connectivity index (χ2n) is 27.2. The Bertz CT molecular complexity index is 4090. The molecule has 6 fully saturated rings. The number of amides is 4. The van der Waals surface area contributed by atoms with Gasteiger partial charge in [0.2, 0.25) is 24.1 Å². The van der Waals surface area contributed by atoms with Gasteiger partial charge in [0.15, 0.2) is 18.7 Å². The van der Waals surface area contributed by atoms with Gasteiger partial charge in [-0.2, -0.15) is 9.97 Å². The van der Waals surface area contributed by atoms with E-state index in [1.807, 2.05) is 32.7 Å². The SMILES string of the molecule is C.C.C.C.C=O.C=O.CC.CNCC(=O)NC1C(O)CC(O)(C(=O)O)OC1[C@H](O)[C@H](O)CO.NC1C(O)OC(CO)C(O)C1O.NCC(=O)NC1C(O)CC(OP(=O)(O)OCC2OC(n3ccc(N)nc3=O)C(O)C2O)(C(=O)O)OC1[C@H](O)[C@H](O)CO.Nc1ccn(C2OC(COP(=O)(O)OC3(C(=O)O)CC(O)C(NC(=O)CNC=O)C([C@H](O)[C@H](O)CO)O3)C(O)C2O)c(=O)n1.[H-].[H-].[H-].[H-].[H-].[Na+].[Na+].[Na+].[Na+].[Na+]. The number of aliphatic hydroxyl groups is 21. The van der Waals surface area contributed by atoms with Crippen LogP contribution in [0.15, 0.2) is 34.1 Å². The van der Waals surface area contributed by atoms with Gasteiger partial charge in [0.25, 0.3) is 17.4 Å². The van der Waals surface area contributed by atoms with Gasteiger partial charge in [0, 0.05) is 31.7 Å². The number of hydrogen-bond acceptors (Lipinski definition) is 51. The minimum Gasteiger partial charge on any atom is -1.00 e. The number of ether oxygens (including phenoxy) is 6. The maximum Gasteiger partial charge on any atom is 1.00 e. The van der Waals surface area contributed by atoms with Crippen molar-refractivity contribution in [2.45, 2.75) is 251 Å². The van der Waals surface area contributed by atoms with Gasteiger partial charge in [-0.25, -0.2) is 42.2 Å². The molecule has 0 saturated carbocycles. The molecule has 4 amide bonds. The molecular weight excluding hydrogens is 1950 g/mol. The Balaban J connectivity index is -0.000000143. The maximum atomic E-state index is 12.9. The van der Waals surface area contributed by atoms with E-state index in [-0.39, 0.29) is 209 Å². The predicted molar refractivity (Wildman–Crippen MR) is 437 cm³/mol. The Morgan fingerprint density at radius 1 is 0.544 bits per heavy atom. The zero-order chi connectivity index (χ0) is 97.6.